The molecule has 138 valence electrons. The van der Waals surface area contributed by atoms with E-state index >= 15 is 0 Å². The van der Waals surface area contributed by atoms with Gasteiger partial charge in [0, 0.05) is 18.5 Å². The molecule has 0 radical (unpaired) electrons. The molecule has 2 amide bonds. The maximum atomic E-state index is 13.5. The number of anilines is 1. The summed E-state index contributed by atoms with van der Waals surface area (Å²) in [5.41, 5.74) is 1.54. The lowest BCUT2D eigenvalue weighted by Gasteiger charge is -2.31. The first-order valence-electron chi connectivity index (χ1n) is 9.48. The van der Waals surface area contributed by atoms with E-state index in [1.807, 2.05) is 42.5 Å². The minimum atomic E-state index is -0.458. The second kappa shape index (κ2) is 6.37. The number of rotatable bonds is 3. The molecule has 6 nitrogen and oxygen atoms in total. The van der Waals surface area contributed by atoms with Crippen molar-refractivity contribution in [2.75, 3.05) is 11.4 Å². The van der Waals surface area contributed by atoms with E-state index in [0.717, 1.165) is 24.2 Å². The van der Waals surface area contributed by atoms with E-state index in [9.17, 15) is 9.59 Å². The molecule has 2 bridgehead atoms. The van der Waals surface area contributed by atoms with Crippen LogP contribution in [0.4, 0.5) is 5.69 Å². The Morgan fingerprint density at radius 1 is 1.15 bits per heavy atom. The fourth-order valence-corrected chi connectivity index (χ4v) is 4.00. The largest absolute Gasteiger partial charge is 0.486 e. The number of hydrogen-bond acceptors (Lipinski definition) is 4. The van der Waals surface area contributed by atoms with Crippen LogP contribution in [0.1, 0.15) is 25.0 Å². The van der Waals surface area contributed by atoms with Crippen molar-refractivity contribution in [3.05, 3.63) is 54.4 Å². The van der Waals surface area contributed by atoms with Crippen molar-refractivity contribution in [1.29, 1.82) is 0 Å². The number of carbonyl (C=O) groups excluding carboxylic acids is 2. The Labute approximate surface area is 157 Å². The van der Waals surface area contributed by atoms with E-state index in [-0.39, 0.29) is 23.8 Å². The quantitative estimate of drug-likeness (QED) is 0.840. The maximum Gasteiger partial charge on any atom is 0.250 e. The van der Waals surface area contributed by atoms with Crippen LogP contribution in [-0.2, 0) is 16.1 Å². The van der Waals surface area contributed by atoms with Crippen molar-refractivity contribution in [2.24, 2.45) is 5.92 Å². The second-order valence-electron chi connectivity index (χ2n) is 7.47. The molecule has 6 heteroatoms. The number of aromatic nitrogens is 1. The topological polar surface area (TPSA) is 62.7 Å². The Kier molecular flexibility index (Phi) is 3.85. The van der Waals surface area contributed by atoms with Crippen molar-refractivity contribution in [2.45, 2.75) is 38.0 Å². The van der Waals surface area contributed by atoms with Gasteiger partial charge in [0.1, 0.15) is 17.9 Å². The van der Waals surface area contributed by atoms with Crippen molar-refractivity contribution < 1.29 is 14.3 Å². The van der Waals surface area contributed by atoms with Gasteiger partial charge in [0.2, 0.25) is 11.8 Å². The zero-order chi connectivity index (χ0) is 18.4. The summed E-state index contributed by atoms with van der Waals surface area (Å²) in [5, 5.41) is 0. The summed E-state index contributed by atoms with van der Waals surface area (Å²) < 4.78 is 6.22. The summed E-state index contributed by atoms with van der Waals surface area (Å²) in [7, 11) is 0. The Bertz CT molecular complexity index is 881. The molecule has 3 heterocycles. The summed E-state index contributed by atoms with van der Waals surface area (Å²) in [4.78, 5) is 34.1. The van der Waals surface area contributed by atoms with Gasteiger partial charge in [0.15, 0.2) is 0 Å². The average molecular weight is 363 g/mol. The van der Waals surface area contributed by atoms with Gasteiger partial charge in [-0.1, -0.05) is 18.2 Å². The highest BCUT2D eigenvalue weighted by Gasteiger charge is 2.47. The fraction of sp³-hybridized carbons (Fsp3) is 0.381. The third-order valence-corrected chi connectivity index (χ3v) is 5.52. The molecule has 5 rings (SSSR count). The van der Waals surface area contributed by atoms with Crippen molar-refractivity contribution in [3.8, 4) is 5.75 Å². The van der Waals surface area contributed by atoms with E-state index in [4.69, 9.17) is 4.74 Å². The number of benzene rings is 1. The van der Waals surface area contributed by atoms with Gasteiger partial charge in [-0.15, -0.1) is 0 Å². The molecule has 1 aromatic carbocycles. The van der Waals surface area contributed by atoms with E-state index < -0.39 is 6.04 Å². The highest BCUT2D eigenvalue weighted by atomic mass is 16.5. The number of fused-ring (bicyclic) bond motifs is 3. The monoisotopic (exact) mass is 363 g/mol. The van der Waals surface area contributed by atoms with E-state index in [2.05, 4.69) is 4.98 Å². The van der Waals surface area contributed by atoms with Crippen molar-refractivity contribution in [3.63, 3.8) is 0 Å². The van der Waals surface area contributed by atoms with E-state index in [1.54, 1.807) is 16.0 Å². The molecule has 1 saturated heterocycles. The smallest absolute Gasteiger partial charge is 0.250 e. The van der Waals surface area contributed by atoms with Crippen LogP contribution >= 0.6 is 0 Å². The van der Waals surface area contributed by atoms with Gasteiger partial charge in [-0.05, 0) is 37.1 Å². The lowest BCUT2D eigenvalue weighted by molar-refractivity contribution is -0.138. The Morgan fingerprint density at radius 2 is 1.96 bits per heavy atom. The third kappa shape index (κ3) is 2.95. The maximum absolute atomic E-state index is 13.5. The molecule has 0 spiro atoms. The van der Waals surface area contributed by atoms with Crippen molar-refractivity contribution >= 4 is 17.5 Å². The van der Waals surface area contributed by atoms with Gasteiger partial charge in [0.25, 0.3) is 0 Å². The predicted octanol–water partition coefficient (Wildman–Crippen LogP) is 2.39. The zero-order valence-corrected chi connectivity index (χ0v) is 15.0. The van der Waals surface area contributed by atoms with Crippen LogP contribution in [0, 0.1) is 5.92 Å². The molecule has 1 aliphatic carbocycles. The summed E-state index contributed by atoms with van der Waals surface area (Å²) in [6, 6.07) is 12.8. The summed E-state index contributed by atoms with van der Waals surface area (Å²) in [5.74, 6) is 0.827. The standard InChI is InChI=1S/C21H21N3O3/c25-20(14-8-9-14)24-13-16-11-18(24)21(26)23(12-15-5-3-4-10-22-15)17-6-1-2-7-19(17)27-16/h1-7,10,14,16,18H,8-9,11-13H2/t16-,18-/m0/s1. The Hall–Kier alpha value is -2.89. The Balaban J connectivity index is 1.53. The van der Waals surface area contributed by atoms with Gasteiger partial charge < -0.3 is 14.5 Å². The molecule has 2 aliphatic heterocycles. The van der Waals surface area contributed by atoms with E-state index in [0.29, 0.717) is 25.3 Å². The van der Waals surface area contributed by atoms with Gasteiger partial charge in [0.05, 0.1) is 24.5 Å². The molecular weight excluding hydrogens is 342 g/mol. The van der Waals surface area contributed by atoms with Gasteiger partial charge in [-0.2, -0.15) is 0 Å². The average Bonchev–Trinajstić information content (AvgIpc) is 3.46. The SMILES string of the molecule is O=C1[C@@H]2C[C@@H](CN2C(=O)C2CC2)Oc2ccccc2N1Cc1ccccn1. The number of nitrogens with zero attached hydrogens (tertiary/aromatic N) is 3. The van der Waals surface area contributed by atoms with Crippen LogP contribution in [0.25, 0.3) is 0 Å². The van der Waals surface area contributed by atoms with Crippen LogP contribution < -0.4 is 9.64 Å². The number of likely N-dealkylation sites (tertiary alicyclic amines) is 1. The van der Waals surface area contributed by atoms with Gasteiger partial charge in [-0.3, -0.25) is 14.6 Å². The summed E-state index contributed by atoms with van der Waals surface area (Å²) in [6.45, 7) is 0.837. The molecule has 2 aromatic rings. The predicted molar refractivity (Wildman–Crippen MR) is 99.1 cm³/mol. The summed E-state index contributed by atoms with van der Waals surface area (Å²) >= 11 is 0. The number of amides is 2. The van der Waals surface area contributed by atoms with Crippen LogP contribution in [-0.4, -0.2) is 40.4 Å². The Morgan fingerprint density at radius 3 is 2.74 bits per heavy atom. The first-order chi connectivity index (χ1) is 13.2. The first-order valence-corrected chi connectivity index (χ1v) is 9.48. The van der Waals surface area contributed by atoms with Crippen LogP contribution in [0.3, 0.4) is 0 Å². The van der Waals surface area contributed by atoms with Gasteiger partial charge in [-0.25, -0.2) is 0 Å². The minimum Gasteiger partial charge on any atom is -0.486 e. The zero-order valence-electron chi connectivity index (χ0n) is 15.0. The van der Waals surface area contributed by atoms with Crippen LogP contribution in [0.5, 0.6) is 5.75 Å². The normalized spacial score (nSPS) is 24.1. The number of para-hydroxylation sites is 2. The summed E-state index contributed by atoms with van der Waals surface area (Å²) in [6.07, 6.45) is 3.99. The van der Waals surface area contributed by atoms with Gasteiger partial charge >= 0.3 is 0 Å². The van der Waals surface area contributed by atoms with Crippen molar-refractivity contribution in [1.82, 2.24) is 9.88 Å². The minimum absolute atomic E-state index is 0.0482. The number of carbonyl (C=O) groups is 2. The molecule has 1 saturated carbocycles. The van der Waals surface area contributed by atoms with Crippen LogP contribution in [0.2, 0.25) is 0 Å². The van der Waals surface area contributed by atoms with E-state index in [1.165, 1.54) is 0 Å². The highest BCUT2D eigenvalue weighted by Crippen LogP contribution is 2.39. The fourth-order valence-electron chi connectivity index (χ4n) is 4.00. The molecule has 27 heavy (non-hydrogen) atoms. The lowest BCUT2D eigenvalue weighted by Crippen LogP contribution is -2.48. The third-order valence-electron chi connectivity index (χ3n) is 5.52. The molecule has 0 N–H and O–H groups in total. The van der Waals surface area contributed by atoms with Crippen LogP contribution in [0.15, 0.2) is 48.7 Å². The molecule has 3 aliphatic rings. The molecular formula is C21H21N3O3. The first kappa shape index (κ1) is 16.3. The molecule has 2 atom stereocenters. The molecule has 2 fully saturated rings. The number of ether oxygens (including phenoxy) is 1. The number of hydrogen-bond donors (Lipinski definition) is 0. The highest BCUT2D eigenvalue weighted by molar-refractivity contribution is 6.01. The second-order valence-corrected chi connectivity index (χ2v) is 7.47. The molecule has 0 unspecified atom stereocenters. The number of pyridine rings is 1. The molecule has 1 aromatic heterocycles. The lowest BCUT2D eigenvalue weighted by atomic mass is 10.1.